The number of hydrogen-bond donors (Lipinski definition) is 1. The molecule has 2 aromatic heterocycles. The van der Waals surface area contributed by atoms with Gasteiger partial charge in [0.25, 0.3) is 0 Å². The number of rotatable bonds is 6. The van der Waals surface area contributed by atoms with Crippen LogP contribution in [0.4, 0.5) is 0 Å². The van der Waals surface area contributed by atoms with E-state index in [0.717, 1.165) is 25.3 Å². The lowest BCUT2D eigenvalue weighted by atomic mass is 10.2. The Bertz CT molecular complexity index is 489. The van der Waals surface area contributed by atoms with E-state index in [9.17, 15) is 0 Å². The van der Waals surface area contributed by atoms with Crippen molar-refractivity contribution >= 4 is 12.4 Å². The van der Waals surface area contributed by atoms with Gasteiger partial charge in [-0.1, -0.05) is 13.8 Å². The van der Waals surface area contributed by atoms with Crippen LogP contribution in [0.15, 0.2) is 24.7 Å². The molecule has 0 fully saturated rings. The average Bonchev–Trinajstić information content (AvgIpc) is 2.88. The summed E-state index contributed by atoms with van der Waals surface area (Å²) in [6.45, 7) is 6.98. The van der Waals surface area contributed by atoms with Gasteiger partial charge in [0.2, 0.25) is 0 Å². The second-order valence-corrected chi connectivity index (χ2v) is 5.05. The molecule has 5 nitrogen and oxygen atoms in total. The molecule has 0 atom stereocenters. The molecular formula is C13H22ClN5. The Hall–Kier alpha value is -1.33. The molecule has 0 radical (unpaired) electrons. The van der Waals surface area contributed by atoms with Gasteiger partial charge in [0, 0.05) is 44.6 Å². The van der Waals surface area contributed by atoms with E-state index in [1.54, 1.807) is 0 Å². The first kappa shape index (κ1) is 15.7. The van der Waals surface area contributed by atoms with Crippen molar-refractivity contribution in [2.45, 2.75) is 33.5 Å². The molecule has 0 spiro atoms. The summed E-state index contributed by atoms with van der Waals surface area (Å²) >= 11 is 0. The first-order valence-corrected chi connectivity index (χ1v) is 6.34. The summed E-state index contributed by atoms with van der Waals surface area (Å²) in [5, 5.41) is 12.0. The van der Waals surface area contributed by atoms with Crippen LogP contribution < -0.4 is 5.32 Å². The maximum atomic E-state index is 4.52. The molecule has 0 amide bonds. The Balaban J connectivity index is 0.00000180. The van der Waals surface area contributed by atoms with Crippen LogP contribution in [0.3, 0.4) is 0 Å². The van der Waals surface area contributed by atoms with Gasteiger partial charge in [0.15, 0.2) is 0 Å². The van der Waals surface area contributed by atoms with E-state index in [4.69, 9.17) is 0 Å². The summed E-state index contributed by atoms with van der Waals surface area (Å²) in [5.74, 6) is 0.626. The van der Waals surface area contributed by atoms with E-state index in [1.807, 2.05) is 35.0 Å². The highest BCUT2D eigenvalue weighted by Gasteiger charge is 2.01. The zero-order valence-electron chi connectivity index (χ0n) is 11.7. The molecule has 0 saturated heterocycles. The number of aromatic nitrogens is 4. The number of halogens is 1. The van der Waals surface area contributed by atoms with E-state index in [0.29, 0.717) is 5.92 Å². The summed E-state index contributed by atoms with van der Waals surface area (Å²) in [5.41, 5.74) is 2.28. The second-order valence-electron chi connectivity index (χ2n) is 5.05. The Morgan fingerprint density at radius 2 is 2.11 bits per heavy atom. The lowest BCUT2D eigenvalue weighted by Crippen LogP contribution is -2.13. The van der Waals surface area contributed by atoms with E-state index >= 15 is 0 Å². The number of nitrogens with one attached hydrogen (secondary N) is 1. The molecule has 0 aromatic carbocycles. The highest BCUT2D eigenvalue weighted by Crippen LogP contribution is 2.01. The summed E-state index contributed by atoms with van der Waals surface area (Å²) in [7, 11) is 1.93. The molecule has 106 valence electrons. The van der Waals surface area contributed by atoms with Gasteiger partial charge in [-0.3, -0.25) is 9.36 Å². The molecule has 2 aromatic rings. The van der Waals surface area contributed by atoms with Gasteiger partial charge in [0.05, 0.1) is 11.9 Å². The lowest BCUT2D eigenvalue weighted by Gasteiger charge is -2.04. The third-order valence-corrected chi connectivity index (χ3v) is 2.64. The molecule has 19 heavy (non-hydrogen) atoms. The number of hydrogen-bond acceptors (Lipinski definition) is 3. The molecule has 0 aliphatic carbocycles. The quantitative estimate of drug-likeness (QED) is 0.882. The normalized spacial score (nSPS) is 10.7. The van der Waals surface area contributed by atoms with Gasteiger partial charge in [-0.15, -0.1) is 12.4 Å². The predicted octanol–water partition coefficient (Wildman–Crippen LogP) is 1.98. The van der Waals surface area contributed by atoms with Crippen LogP contribution in [0.5, 0.6) is 0 Å². The van der Waals surface area contributed by atoms with Crippen molar-refractivity contribution in [1.82, 2.24) is 24.9 Å². The molecule has 2 rings (SSSR count). The van der Waals surface area contributed by atoms with Crippen LogP contribution in [0.1, 0.15) is 25.1 Å². The van der Waals surface area contributed by atoms with E-state index < -0.39 is 0 Å². The van der Waals surface area contributed by atoms with Crippen LogP contribution in [-0.2, 0) is 26.7 Å². The van der Waals surface area contributed by atoms with Gasteiger partial charge in [-0.25, -0.2) is 0 Å². The van der Waals surface area contributed by atoms with Gasteiger partial charge in [-0.2, -0.15) is 10.2 Å². The Labute approximate surface area is 120 Å². The van der Waals surface area contributed by atoms with Crippen LogP contribution >= 0.6 is 12.4 Å². The third-order valence-electron chi connectivity index (χ3n) is 2.64. The monoisotopic (exact) mass is 283 g/mol. The molecule has 0 aliphatic heterocycles. The topological polar surface area (TPSA) is 47.7 Å². The van der Waals surface area contributed by atoms with Gasteiger partial charge in [0.1, 0.15) is 0 Å². The predicted molar refractivity (Wildman–Crippen MR) is 78.1 cm³/mol. The minimum Gasteiger partial charge on any atom is -0.307 e. The largest absolute Gasteiger partial charge is 0.307 e. The van der Waals surface area contributed by atoms with Crippen molar-refractivity contribution in [3.63, 3.8) is 0 Å². The number of aryl methyl sites for hydroxylation is 1. The van der Waals surface area contributed by atoms with Gasteiger partial charge >= 0.3 is 0 Å². The summed E-state index contributed by atoms with van der Waals surface area (Å²) in [6.07, 6.45) is 5.94. The minimum atomic E-state index is 0. The maximum Gasteiger partial charge on any atom is 0.0762 e. The van der Waals surface area contributed by atoms with Crippen molar-refractivity contribution < 1.29 is 0 Å². The van der Waals surface area contributed by atoms with Gasteiger partial charge in [-0.05, 0) is 12.0 Å². The summed E-state index contributed by atoms with van der Waals surface area (Å²) in [4.78, 5) is 0. The van der Waals surface area contributed by atoms with Crippen molar-refractivity contribution in [3.8, 4) is 0 Å². The van der Waals surface area contributed by atoms with Gasteiger partial charge < -0.3 is 5.32 Å². The van der Waals surface area contributed by atoms with E-state index in [2.05, 4.69) is 35.4 Å². The summed E-state index contributed by atoms with van der Waals surface area (Å²) < 4.78 is 3.82. The molecule has 0 unspecified atom stereocenters. The molecular weight excluding hydrogens is 262 g/mol. The SMILES string of the molecule is CC(C)Cn1ccc(CNCc2cnn(C)c2)n1.Cl. The fourth-order valence-electron chi connectivity index (χ4n) is 1.87. The van der Waals surface area contributed by atoms with E-state index in [1.165, 1.54) is 5.56 Å². The number of nitrogens with zero attached hydrogens (tertiary/aromatic N) is 4. The standard InChI is InChI=1S/C13H21N5.ClH/c1-11(2)9-18-5-4-13(16-18)8-14-6-12-7-15-17(3)10-12;/h4-5,7,10-11,14H,6,8-9H2,1-3H3;1H. The molecule has 0 bridgehead atoms. The smallest absolute Gasteiger partial charge is 0.0762 e. The zero-order chi connectivity index (χ0) is 13.0. The van der Waals surface area contributed by atoms with Crippen molar-refractivity contribution in [1.29, 1.82) is 0 Å². The van der Waals surface area contributed by atoms with Crippen molar-refractivity contribution in [2.24, 2.45) is 13.0 Å². The molecule has 2 heterocycles. The Morgan fingerprint density at radius 1 is 1.32 bits per heavy atom. The first-order chi connectivity index (χ1) is 8.63. The van der Waals surface area contributed by atoms with E-state index in [-0.39, 0.29) is 12.4 Å². The second kappa shape index (κ2) is 7.31. The summed E-state index contributed by atoms with van der Waals surface area (Å²) in [6, 6.07) is 2.07. The highest BCUT2D eigenvalue weighted by atomic mass is 35.5. The van der Waals surface area contributed by atoms with Crippen molar-refractivity contribution in [3.05, 3.63) is 35.9 Å². The Kier molecular flexibility index (Phi) is 6.05. The molecule has 6 heteroatoms. The minimum absolute atomic E-state index is 0. The third kappa shape index (κ3) is 5.04. The highest BCUT2D eigenvalue weighted by molar-refractivity contribution is 5.85. The molecule has 1 N–H and O–H groups in total. The van der Waals surface area contributed by atoms with Crippen molar-refractivity contribution in [2.75, 3.05) is 0 Å². The van der Waals surface area contributed by atoms with Crippen LogP contribution in [0.2, 0.25) is 0 Å². The fourth-order valence-corrected chi connectivity index (χ4v) is 1.87. The fraction of sp³-hybridized carbons (Fsp3) is 0.538. The maximum absolute atomic E-state index is 4.52. The lowest BCUT2D eigenvalue weighted by molar-refractivity contribution is 0.477. The zero-order valence-corrected chi connectivity index (χ0v) is 12.5. The van der Waals surface area contributed by atoms with Crippen LogP contribution in [0.25, 0.3) is 0 Å². The first-order valence-electron chi connectivity index (χ1n) is 6.34. The van der Waals surface area contributed by atoms with Crippen LogP contribution in [-0.4, -0.2) is 19.6 Å². The molecule has 0 aliphatic rings. The van der Waals surface area contributed by atoms with Crippen LogP contribution in [0, 0.1) is 5.92 Å². The molecule has 0 saturated carbocycles. The average molecular weight is 284 g/mol. The Morgan fingerprint density at radius 3 is 2.74 bits per heavy atom.